The SMILES string of the molecule is C[Si](C)(C)/C(=C/CO)C1(O)CCCCC1. The standard InChI is InChI=1S/C12H24O2Si/c1-15(2,3)11(7-10-13)12(14)8-5-4-6-9-12/h7,13-14H,4-6,8-10H2,1-3H3/b11-7+. The fourth-order valence-corrected chi connectivity index (χ4v) is 5.04. The van der Waals surface area contributed by atoms with Crippen molar-refractivity contribution in [2.75, 3.05) is 6.61 Å². The fraction of sp³-hybridized carbons (Fsp3) is 0.833. The third-order valence-electron chi connectivity index (χ3n) is 3.29. The van der Waals surface area contributed by atoms with Gasteiger partial charge in [-0.25, -0.2) is 0 Å². The molecule has 0 aromatic heterocycles. The smallest absolute Gasteiger partial charge is 0.0823 e. The maximum atomic E-state index is 10.7. The predicted molar refractivity (Wildman–Crippen MR) is 66.5 cm³/mol. The minimum Gasteiger partial charge on any atom is -0.392 e. The van der Waals surface area contributed by atoms with Crippen molar-refractivity contribution >= 4 is 8.07 Å². The van der Waals surface area contributed by atoms with Crippen LogP contribution in [0, 0.1) is 0 Å². The van der Waals surface area contributed by atoms with E-state index in [1.807, 2.05) is 6.08 Å². The van der Waals surface area contributed by atoms with E-state index >= 15 is 0 Å². The molecule has 1 aliphatic rings. The molecule has 1 rings (SSSR count). The minimum atomic E-state index is -1.52. The van der Waals surface area contributed by atoms with E-state index in [1.165, 1.54) is 6.42 Å². The van der Waals surface area contributed by atoms with Crippen LogP contribution in [0.15, 0.2) is 11.3 Å². The number of hydrogen-bond acceptors (Lipinski definition) is 2. The number of aliphatic hydroxyl groups is 2. The van der Waals surface area contributed by atoms with Crippen LogP contribution in [0.1, 0.15) is 32.1 Å². The minimum absolute atomic E-state index is 0.0575. The second kappa shape index (κ2) is 4.81. The molecule has 0 saturated heterocycles. The van der Waals surface area contributed by atoms with Gasteiger partial charge in [0.1, 0.15) is 0 Å². The summed E-state index contributed by atoms with van der Waals surface area (Å²) in [6.07, 6.45) is 7.08. The normalized spacial score (nSPS) is 22.9. The molecule has 0 bridgehead atoms. The first kappa shape index (κ1) is 12.9. The Labute approximate surface area is 94.0 Å². The van der Waals surface area contributed by atoms with Crippen molar-refractivity contribution in [2.45, 2.75) is 57.3 Å². The molecule has 1 fully saturated rings. The first-order valence-corrected chi connectivity index (χ1v) is 9.44. The molecule has 0 heterocycles. The van der Waals surface area contributed by atoms with E-state index in [0.29, 0.717) is 0 Å². The van der Waals surface area contributed by atoms with Gasteiger partial charge < -0.3 is 10.2 Å². The Bertz CT molecular complexity index is 234. The van der Waals surface area contributed by atoms with E-state index in [9.17, 15) is 5.11 Å². The summed E-state index contributed by atoms with van der Waals surface area (Å²) in [5, 5.41) is 20.9. The van der Waals surface area contributed by atoms with Crippen LogP contribution in [0.3, 0.4) is 0 Å². The molecule has 0 amide bonds. The molecular formula is C12H24O2Si. The van der Waals surface area contributed by atoms with Crippen LogP contribution in [0.5, 0.6) is 0 Å². The average molecular weight is 228 g/mol. The van der Waals surface area contributed by atoms with E-state index in [1.54, 1.807) is 0 Å². The zero-order chi connectivity index (χ0) is 11.5. The summed E-state index contributed by atoms with van der Waals surface area (Å²) < 4.78 is 0. The maximum Gasteiger partial charge on any atom is 0.0823 e. The summed E-state index contributed by atoms with van der Waals surface area (Å²) in [5.41, 5.74) is -0.606. The lowest BCUT2D eigenvalue weighted by atomic mass is 9.84. The fourth-order valence-electron chi connectivity index (χ4n) is 2.69. The van der Waals surface area contributed by atoms with E-state index < -0.39 is 13.7 Å². The van der Waals surface area contributed by atoms with Crippen molar-refractivity contribution < 1.29 is 10.2 Å². The van der Waals surface area contributed by atoms with Gasteiger partial charge >= 0.3 is 0 Å². The van der Waals surface area contributed by atoms with Gasteiger partial charge in [0.05, 0.1) is 20.3 Å². The van der Waals surface area contributed by atoms with Gasteiger partial charge in [-0.3, -0.25) is 0 Å². The third kappa shape index (κ3) is 3.16. The van der Waals surface area contributed by atoms with Crippen molar-refractivity contribution in [2.24, 2.45) is 0 Å². The monoisotopic (exact) mass is 228 g/mol. The Morgan fingerprint density at radius 2 is 1.73 bits per heavy atom. The van der Waals surface area contributed by atoms with E-state index in [4.69, 9.17) is 5.11 Å². The van der Waals surface area contributed by atoms with Gasteiger partial charge in [0, 0.05) is 0 Å². The lowest BCUT2D eigenvalue weighted by Crippen LogP contribution is -2.44. The summed E-state index contributed by atoms with van der Waals surface area (Å²) in [5.74, 6) is 0. The summed E-state index contributed by atoms with van der Waals surface area (Å²) in [6, 6.07) is 0. The Morgan fingerprint density at radius 1 is 1.20 bits per heavy atom. The zero-order valence-electron chi connectivity index (χ0n) is 10.2. The first-order chi connectivity index (χ1) is 6.90. The van der Waals surface area contributed by atoms with Crippen molar-refractivity contribution in [1.82, 2.24) is 0 Å². The number of aliphatic hydroxyl groups excluding tert-OH is 1. The molecule has 0 aromatic carbocycles. The highest BCUT2D eigenvalue weighted by Gasteiger charge is 2.39. The largest absolute Gasteiger partial charge is 0.392 e. The van der Waals surface area contributed by atoms with E-state index in [-0.39, 0.29) is 6.61 Å². The zero-order valence-corrected chi connectivity index (χ0v) is 11.2. The molecule has 0 aliphatic heterocycles. The molecule has 1 aliphatic carbocycles. The molecule has 0 spiro atoms. The highest BCUT2D eigenvalue weighted by Crippen LogP contribution is 2.38. The van der Waals surface area contributed by atoms with Crippen LogP contribution in [0.2, 0.25) is 19.6 Å². The molecule has 3 heteroatoms. The summed E-state index contributed by atoms with van der Waals surface area (Å²) in [4.78, 5) is 0. The Kier molecular flexibility index (Phi) is 4.15. The molecule has 2 N–H and O–H groups in total. The van der Waals surface area contributed by atoms with Gasteiger partial charge in [0.2, 0.25) is 0 Å². The van der Waals surface area contributed by atoms with Crippen LogP contribution >= 0.6 is 0 Å². The van der Waals surface area contributed by atoms with Crippen LogP contribution in [-0.2, 0) is 0 Å². The number of hydrogen-bond donors (Lipinski definition) is 2. The maximum absolute atomic E-state index is 10.7. The second-order valence-corrected chi connectivity index (χ2v) is 10.7. The predicted octanol–water partition coefficient (Wildman–Crippen LogP) is 2.48. The Hall–Kier alpha value is -0.123. The Balaban J connectivity index is 2.93. The van der Waals surface area contributed by atoms with Gasteiger partial charge in [0.25, 0.3) is 0 Å². The summed E-state index contributed by atoms with van der Waals surface area (Å²) in [7, 11) is -1.52. The molecule has 0 atom stereocenters. The molecule has 0 radical (unpaired) electrons. The summed E-state index contributed by atoms with van der Waals surface area (Å²) >= 11 is 0. The van der Waals surface area contributed by atoms with Crippen molar-refractivity contribution in [3.05, 3.63) is 11.3 Å². The molecule has 15 heavy (non-hydrogen) atoms. The van der Waals surface area contributed by atoms with Crippen LogP contribution < -0.4 is 0 Å². The molecule has 1 saturated carbocycles. The van der Waals surface area contributed by atoms with Gasteiger partial charge in [-0.15, -0.1) is 0 Å². The lowest BCUT2D eigenvalue weighted by Gasteiger charge is -2.40. The molecular weight excluding hydrogens is 204 g/mol. The molecule has 0 unspecified atom stereocenters. The van der Waals surface area contributed by atoms with Crippen LogP contribution in [0.4, 0.5) is 0 Å². The van der Waals surface area contributed by atoms with E-state index in [0.717, 1.165) is 30.9 Å². The second-order valence-electron chi connectivity index (χ2n) is 5.64. The summed E-state index contributed by atoms with van der Waals surface area (Å²) in [6.45, 7) is 6.77. The van der Waals surface area contributed by atoms with Crippen molar-refractivity contribution in [1.29, 1.82) is 0 Å². The van der Waals surface area contributed by atoms with Gasteiger partial charge in [-0.05, 0) is 12.8 Å². The van der Waals surface area contributed by atoms with Crippen molar-refractivity contribution in [3.8, 4) is 0 Å². The molecule has 88 valence electrons. The highest BCUT2D eigenvalue weighted by molar-refractivity contribution is 6.83. The lowest BCUT2D eigenvalue weighted by molar-refractivity contribution is 0.0448. The quantitative estimate of drug-likeness (QED) is 0.729. The van der Waals surface area contributed by atoms with Crippen LogP contribution in [-0.4, -0.2) is 30.5 Å². The van der Waals surface area contributed by atoms with Gasteiger partial charge in [0.15, 0.2) is 0 Å². The average Bonchev–Trinajstić information content (AvgIpc) is 2.13. The van der Waals surface area contributed by atoms with Gasteiger partial charge in [-0.1, -0.05) is 50.2 Å². The van der Waals surface area contributed by atoms with Crippen molar-refractivity contribution in [3.63, 3.8) is 0 Å². The first-order valence-electron chi connectivity index (χ1n) is 5.94. The van der Waals surface area contributed by atoms with E-state index in [2.05, 4.69) is 19.6 Å². The van der Waals surface area contributed by atoms with Gasteiger partial charge in [-0.2, -0.15) is 0 Å². The molecule has 2 nitrogen and oxygen atoms in total. The topological polar surface area (TPSA) is 40.5 Å². The number of rotatable bonds is 3. The highest BCUT2D eigenvalue weighted by atomic mass is 28.3. The van der Waals surface area contributed by atoms with Crippen LogP contribution in [0.25, 0.3) is 0 Å². The Morgan fingerprint density at radius 3 is 2.13 bits per heavy atom. The third-order valence-corrected chi connectivity index (χ3v) is 5.57. The molecule has 0 aromatic rings.